The number of aromatic nitrogens is 1. The summed E-state index contributed by atoms with van der Waals surface area (Å²) in [6.07, 6.45) is 3.83. The first-order chi connectivity index (χ1) is 15.1. The van der Waals surface area contributed by atoms with E-state index in [0.29, 0.717) is 23.0 Å². The van der Waals surface area contributed by atoms with Crippen molar-refractivity contribution in [3.63, 3.8) is 0 Å². The van der Waals surface area contributed by atoms with Gasteiger partial charge in [-0.15, -0.1) is 0 Å². The van der Waals surface area contributed by atoms with Crippen LogP contribution in [-0.2, 0) is 4.79 Å². The summed E-state index contributed by atoms with van der Waals surface area (Å²) < 4.78 is 0. The predicted molar refractivity (Wildman–Crippen MR) is 127 cm³/mol. The molecule has 160 valence electrons. The minimum absolute atomic E-state index is 0.0993. The Labute approximate surface area is 191 Å². The summed E-state index contributed by atoms with van der Waals surface area (Å²) in [6.45, 7) is 4.30. The third-order valence-electron chi connectivity index (χ3n) is 5.30. The van der Waals surface area contributed by atoms with E-state index >= 15 is 0 Å². The van der Waals surface area contributed by atoms with E-state index < -0.39 is 0 Å². The number of nitrogens with one attached hydrogen (secondary N) is 1. The molecule has 3 aromatic rings. The van der Waals surface area contributed by atoms with Gasteiger partial charge in [-0.05, 0) is 42.0 Å². The van der Waals surface area contributed by atoms with E-state index in [0.717, 1.165) is 42.6 Å². The molecule has 1 fully saturated rings. The fourth-order valence-corrected chi connectivity index (χ4v) is 4.04. The first kappa shape index (κ1) is 21.6. The molecular weight excluding hydrogens is 433 g/mol. The Morgan fingerprint density at radius 3 is 2.68 bits per heavy atom. The van der Waals surface area contributed by atoms with E-state index in [-0.39, 0.29) is 5.91 Å². The Kier molecular flexibility index (Phi) is 7.02. The number of hydrazone groups is 1. The van der Waals surface area contributed by atoms with Crippen molar-refractivity contribution in [2.75, 3.05) is 37.6 Å². The maximum Gasteiger partial charge on any atom is 0.241 e. The normalized spacial score (nSPS) is 15.0. The number of hydrogen-bond acceptors (Lipinski definition) is 5. The molecule has 0 aliphatic carbocycles. The Bertz CT molecular complexity index is 1100. The van der Waals surface area contributed by atoms with Crippen molar-refractivity contribution in [2.24, 2.45) is 5.10 Å². The minimum Gasteiger partial charge on any atom is -0.368 e. The third kappa shape index (κ3) is 5.73. The summed E-state index contributed by atoms with van der Waals surface area (Å²) in [5.41, 5.74) is 5.50. The summed E-state index contributed by atoms with van der Waals surface area (Å²) in [5.74, 6) is -0.0993. The quantitative estimate of drug-likeness (QED) is 0.446. The molecule has 1 aliphatic heterocycles. The molecule has 4 rings (SSSR count). The maximum absolute atomic E-state index is 12.1. The van der Waals surface area contributed by atoms with Crippen LogP contribution in [0.5, 0.6) is 0 Å². The Balaban J connectivity index is 1.25. The van der Waals surface area contributed by atoms with Crippen molar-refractivity contribution >= 4 is 51.9 Å². The van der Waals surface area contributed by atoms with Gasteiger partial charge in [0.15, 0.2) is 0 Å². The van der Waals surface area contributed by atoms with Crippen LogP contribution in [-0.4, -0.2) is 54.7 Å². The van der Waals surface area contributed by atoms with Gasteiger partial charge >= 0.3 is 0 Å². The highest BCUT2D eigenvalue weighted by Crippen LogP contribution is 2.28. The second-order valence-electron chi connectivity index (χ2n) is 7.42. The van der Waals surface area contributed by atoms with E-state index in [2.05, 4.69) is 31.4 Å². The van der Waals surface area contributed by atoms with Crippen LogP contribution in [0, 0.1) is 0 Å². The monoisotopic (exact) mass is 455 g/mol. The van der Waals surface area contributed by atoms with Gasteiger partial charge in [0.1, 0.15) is 0 Å². The number of fused-ring (bicyclic) bond motifs is 1. The lowest BCUT2D eigenvalue weighted by Crippen LogP contribution is -2.47. The number of pyridine rings is 1. The van der Waals surface area contributed by atoms with Gasteiger partial charge in [0.25, 0.3) is 0 Å². The second-order valence-corrected chi connectivity index (χ2v) is 8.29. The molecule has 1 N–H and O–H groups in total. The third-order valence-corrected chi connectivity index (χ3v) is 5.77. The molecule has 8 heteroatoms. The SMILES string of the molecule is O=C(CCN1CCN(c2ccnc3cc(Cl)ccc23)CC1)N/N=C/c1cccc(Cl)c1. The molecule has 0 unspecified atom stereocenters. The van der Waals surface area contributed by atoms with Crippen molar-refractivity contribution in [1.29, 1.82) is 0 Å². The zero-order valence-corrected chi connectivity index (χ0v) is 18.5. The first-order valence-electron chi connectivity index (χ1n) is 10.2. The van der Waals surface area contributed by atoms with Crippen LogP contribution < -0.4 is 10.3 Å². The standard InChI is InChI=1S/C23H23Cl2N5O/c24-18-3-1-2-17(14-18)16-27-28-23(31)7-9-29-10-12-30(13-11-29)22-6-8-26-21-15-19(25)4-5-20(21)22/h1-6,8,14-16H,7,9-13H2,(H,28,31)/b27-16+. The van der Waals surface area contributed by atoms with E-state index in [1.54, 1.807) is 18.3 Å². The zero-order valence-electron chi connectivity index (χ0n) is 17.0. The van der Waals surface area contributed by atoms with Crippen LogP contribution in [0.25, 0.3) is 10.9 Å². The number of carbonyl (C=O) groups excluding carboxylic acids is 1. The first-order valence-corrected chi connectivity index (χ1v) is 10.9. The molecule has 0 atom stereocenters. The topological polar surface area (TPSA) is 60.8 Å². The van der Waals surface area contributed by atoms with Crippen LogP contribution in [0.2, 0.25) is 10.0 Å². The molecule has 0 spiro atoms. The zero-order chi connectivity index (χ0) is 21.6. The van der Waals surface area contributed by atoms with Gasteiger partial charge in [-0.2, -0.15) is 5.10 Å². The number of rotatable bonds is 6. The fourth-order valence-electron chi connectivity index (χ4n) is 3.68. The lowest BCUT2D eigenvalue weighted by molar-refractivity contribution is -0.121. The van der Waals surface area contributed by atoms with E-state index in [9.17, 15) is 4.79 Å². The summed E-state index contributed by atoms with van der Waals surface area (Å²) in [5, 5.41) is 6.45. The molecule has 0 saturated carbocycles. The Morgan fingerprint density at radius 1 is 1.06 bits per heavy atom. The van der Waals surface area contributed by atoms with Gasteiger partial charge in [-0.25, -0.2) is 5.43 Å². The highest BCUT2D eigenvalue weighted by Gasteiger charge is 2.19. The number of anilines is 1. The molecular formula is C23H23Cl2N5O. The number of amides is 1. The summed E-state index contributed by atoms with van der Waals surface area (Å²) in [6, 6.07) is 15.2. The van der Waals surface area contributed by atoms with Gasteiger partial charge in [0, 0.05) is 66.5 Å². The average molecular weight is 456 g/mol. The van der Waals surface area contributed by atoms with E-state index in [4.69, 9.17) is 23.2 Å². The molecule has 1 saturated heterocycles. The summed E-state index contributed by atoms with van der Waals surface area (Å²) in [7, 11) is 0. The largest absolute Gasteiger partial charge is 0.368 e. The van der Waals surface area contributed by atoms with Gasteiger partial charge in [0.2, 0.25) is 5.91 Å². The van der Waals surface area contributed by atoms with Crippen LogP contribution in [0.4, 0.5) is 5.69 Å². The molecule has 1 aliphatic rings. The van der Waals surface area contributed by atoms with Crippen LogP contribution in [0.15, 0.2) is 59.8 Å². The van der Waals surface area contributed by atoms with Gasteiger partial charge in [-0.3, -0.25) is 14.7 Å². The van der Waals surface area contributed by atoms with Crippen LogP contribution in [0.3, 0.4) is 0 Å². The Hall–Kier alpha value is -2.67. The number of benzene rings is 2. The lowest BCUT2D eigenvalue weighted by atomic mass is 10.1. The van der Waals surface area contributed by atoms with E-state index in [1.807, 2.05) is 36.5 Å². The highest BCUT2D eigenvalue weighted by atomic mass is 35.5. The van der Waals surface area contributed by atoms with Gasteiger partial charge < -0.3 is 4.90 Å². The number of nitrogens with zero attached hydrogens (tertiary/aromatic N) is 4. The van der Waals surface area contributed by atoms with Crippen molar-refractivity contribution in [1.82, 2.24) is 15.3 Å². The molecule has 31 heavy (non-hydrogen) atoms. The van der Waals surface area contributed by atoms with Crippen molar-refractivity contribution in [2.45, 2.75) is 6.42 Å². The molecule has 1 aromatic heterocycles. The number of piperazine rings is 1. The number of hydrogen-bond donors (Lipinski definition) is 1. The van der Waals surface area contributed by atoms with Crippen molar-refractivity contribution in [3.05, 3.63) is 70.3 Å². The predicted octanol–water partition coefficient (Wildman–Crippen LogP) is 4.20. The summed E-state index contributed by atoms with van der Waals surface area (Å²) >= 11 is 12.0. The molecule has 2 heterocycles. The molecule has 2 aromatic carbocycles. The second kappa shape index (κ2) is 10.1. The average Bonchev–Trinajstić information content (AvgIpc) is 2.77. The van der Waals surface area contributed by atoms with Gasteiger partial charge in [0.05, 0.1) is 11.7 Å². The van der Waals surface area contributed by atoms with Crippen LogP contribution in [0.1, 0.15) is 12.0 Å². The highest BCUT2D eigenvalue weighted by molar-refractivity contribution is 6.31. The smallest absolute Gasteiger partial charge is 0.241 e. The van der Waals surface area contributed by atoms with Crippen molar-refractivity contribution < 1.29 is 4.79 Å². The molecule has 6 nitrogen and oxygen atoms in total. The fraction of sp³-hybridized carbons (Fsp3) is 0.261. The molecule has 0 bridgehead atoms. The summed E-state index contributed by atoms with van der Waals surface area (Å²) in [4.78, 5) is 21.2. The lowest BCUT2D eigenvalue weighted by Gasteiger charge is -2.36. The van der Waals surface area contributed by atoms with Crippen molar-refractivity contribution in [3.8, 4) is 0 Å². The van der Waals surface area contributed by atoms with Crippen LogP contribution >= 0.6 is 23.2 Å². The number of carbonyl (C=O) groups is 1. The molecule has 0 radical (unpaired) electrons. The Morgan fingerprint density at radius 2 is 1.87 bits per heavy atom. The van der Waals surface area contributed by atoms with E-state index in [1.165, 1.54) is 5.69 Å². The minimum atomic E-state index is -0.0993. The maximum atomic E-state index is 12.1. The number of halogens is 2. The molecule has 1 amide bonds. The van der Waals surface area contributed by atoms with Gasteiger partial charge in [-0.1, -0.05) is 35.3 Å².